The van der Waals surface area contributed by atoms with Crippen molar-refractivity contribution in [3.8, 4) is 22.9 Å². The normalized spacial score (nSPS) is 13.3. The van der Waals surface area contributed by atoms with Gasteiger partial charge in [0.05, 0.1) is 19.3 Å². The number of fused-ring (bicyclic) bond motifs is 1. The first-order chi connectivity index (χ1) is 16.5. The summed E-state index contributed by atoms with van der Waals surface area (Å²) in [6.07, 6.45) is 4.95. The SMILES string of the molecule is COc1cc(C(=O)Nc2ccc(F)c(-c3nnc4n3CCCCC4)c2)ccc1OCCC(C)C. The van der Waals surface area contributed by atoms with Crippen LogP contribution in [-0.4, -0.2) is 34.4 Å². The van der Waals surface area contributed by atoms with Gasteiger partial charge in [-0.1, -0.05) is 20.3 Å². The van der Waals surface area contributed by atoms with Crippen molar-refractivity contribution in [1.82, 2.24) is 14.8 Å². The van der Waals surface area contributed by atoms with Gasteiger partial charge in [-0.2, -0.15) is 0 Å². The minimum atomic E-state index is -0.401. The molecular formula is C26H31FN4O3. The molecule has 7 nitrogen and oxygen atoms in total. The number of hydrogen-bond acceptors (Lipinski definition) is 5. The van der Waals surface area contributed by atoms with Crippen molar-refractivity contribution in [1.29, 1.82) is 0 Å². The van der Waals surface area contributed by atoms with Crippen LogP contribution in [-0.2, 0) is 13.0 Å². The predicted molar refractivity (Wildman–Crippen MR) is 129 cm³/mol. The summed E-state index contributed by atoms with van der Waals surface area (Å²) in [4.78, 5) is 12.9. The monoisotopic (exact) mass is 466 g/mol. The Labute approximate surface area is 199 Å². The Kier molecular flexibility index (Phi) is 7.45. The van der Waals surface area contributed by atoms with Crippen molar-refractivity contribution >= 4 is 11.6 Å². The summed E-state index contributed by atoms with van der Waals surface area (Å²) < 4.78 is 27.9. The molecule has 0 aliphatic carbocycles. The van der Waals surface area contributed by atoms with Crippen LogP contribution in [0.3, 0.4) is 0 Å². The molecule has 180 valence electrons. The molecule has 0 saturated heterocycles. The molecule has 0 fully saturated rings. The molecule has 0 spiro atoms. The molecule has 1 aliphatic rings. The van der Waals surface area contributed by atoms with Gasteiger partial charge in [0, 0.05) is 24.2 Å². The van der Waals surface area contributed by atoms with Crippen molar-refractivity contribution in [3.05, 3.63) is 53.6 Å². The third kappa shape index (κ3) is 5.38. The number of halogens is 1. The van der Waals surface area contributed by atoms with Crippen molar-refractivity contribution < 1.29 is 18.7 Å². The van der Waals surface area contributed by atoms with Crippen LogP contribution < -0.4 is 14.8 Å². The van der Waals surface area contributed by atoms with Crippen molar-refractivity contribution in [3.63, 3.8) is 0 Å². The number of benzene rings is 2. The Morgan fingerprint density at radius 1 is 1.12 bits per heavy atom. The van der Waals surface area contributed by atoms with Gasteiger partial charge in [0.25, 0.3) is 5.91 Å². The van der Waals surface area contributed by atoms with Crippen LogP contribution in [0.15, 0.2) is 36.4 Å². The number of amides is 1. The van der Waals surface area contributed by atoms with E-state index in [9.17, 15) is 9.18 Å². The van der Waals surface area contributed by atoms with E-state index in [0.29, 0.717) is 46.7 Å². The van der Waals surface area contributed by atoms with E-state index in [1.807, 2.05) is 4.57 Å². The maximum Gasteiger partial charge on any atom is 0.255 e. The maximum absolute atomic E-state index is 14.7. The van der Waals surface area contributed by atoms with E-state index >= 15 is 0 Å². The molecule has 34 heavy (non-hydrogen) atoms. The molecule has 1 aromatic heterocycles. The van der Waals surface area contributed by atoms with Gasteiger partial charge in [-0.15, -0.1) is 10.2 Å². The summed E-state index contributed by atoms with van der Waals surface area (Å²) in [6, 6.07) is 9.55. The highest BCUT2D eigenvalue weighted by atomic mass is 19.1. The lowest BCUT2D eigenvalue weighted by molar-refractivity contribution is 0.102. The topological polar surface area (TPSA) is 78.3 Å². The van der Waals surface area contributed by atoms with E-state index in [0.717, 1.165) is 44.5 Å². The minimum absolute atomic E-state index is 0.324. The third-order valence-electron chi connectivity index (χ3n) is 5.95. The molecule has 1 amide bonds. The van der Waals surface area contributed by atoms with E-state index < -0.39 is 5.82 Å². The van der Waals surface area contributed by atoms with Crippen molar-refractivity contribution in [2.75, 3.05) is 19.0 Å². The number of rotatable bonds is 8. The van der Waals surface area contributed by atoms with Crippen LogP contribution >= 0.6 is 0 Å². The molecule has 1 aliphatic heterocycles. The minimum Gasteiger partial charge on any atom is -0.493 e. The number of methoxy groups -OCH3 is 1. The van der Waals surface area contributed by atoms with E-state index in [4.69, 9.17) is 9.47 Å². The summed E-state index contributed by atoms with van der Waals surface area (Å²) in [6.45, 7) is 5.60. The molecule has 0 unspecified atom stereocenters. The second-order valence-electron chi connectivity index (χ2n) is 8.95. The van der Waals surface area contributed by atoms with Crippen LogP contribution in [0.2, 0.25) is 0 Å². The molecule has 0 radical (unpaired) electrons. The number of aromatic nitrogens is 3. The second kappa shape index (κ2) is 10.7. The summed E-state index contributed by atoms with van der Waals surface area (Å²) in [5.41, 5.74) is 1.21. The number of nitrogens with one attached hydrogen (secondary N) is 1. The third-order valence-corrected chi connectivity index (χ3v) is 5.95. The van der Waals surface area contributed by atoms with E-state index in [-0.39, 0.29) is 5.91 Å². The molecule has 0 atom stereocenters. The first kappa shape index (κ1) is 23.7. The fourth-order valence-corrected chi connectivity index (χ4v) is 3.99. The van der Waals surface area contributed by atoms with Gasteiger partial charge in [0.2, 0.25) is 0 Å². The zero-order chi connectivity index (χ0) is 24.1. The highest BCUT2D eigenvalue weighted by molar-refractivity contribution is 6.04. The van der Waals surface area contributed by atoms with Crippen molar-refractivity contribution in [2.45, 2.75) is 52.5 Å². The fraction of sp³-hybridized carbons (Fsp3) is 0.423. The van der Waals surface area contributed by atoms with Gasteiger partial charge in [-0.3, -0.25) is 4.79 Å². The predicted octanol–water partition coefficient (Wildman–Crippen LogP) is 5.50. The Bertz CT molecular complexity index is 1160. The highest BCUT2D eigenvalue weighted by Gasteiger charge is 2.20. The molecule has 1 N–H and O–H groups in total. The number of carbonyl (C=O) groups is 1. The first-order valence-electron chi connectivity index (χ1n) is 11.8. The van der Waals surface area contributed by atoms with Crippen LogP contribution in [0.1, 0.15) is 55.7 Å². The fourth-order valence-electron chi connectivity index (χ4n) is 3.99. The summed E-state index contributed by atoms with van der Waals surface area (Å²) >= 11 is 0. The quantitative estimate of drug-likeness (QED) is 0.475. The molecule has 0 saturated carbocycles. The lowest BCUT2D eigenvalue weighted by Gasteiger charge is -2.14. The number of hydrogen-bond donors (Lipinski definition) is 1. The molecule has 0 bridgehead atoms. The van der Waals surface area contributed by atoms with Gasteiger partial charge in [-0.25, -0.2) is 4.39 Å². The largest absolute Gasteiger partial charge is 0.493 e. The number of carbonyl (C=O) groups excluding carboxylic acids is 1. The number of aryl methyl sites for hydroxylation is 1. The van der Waals surface area contributed by atoms with Gasteiger partial charge in [-0.05, 0) is 61.6 Å². The lowest BCUT2D eigenvalue weighted by atomic mass is 10.1. The molecule has 2 heterocycles. The second-order valence-corrected chi connectivity index (χ2v) is 8.95. The highest BCUT2D eigenvalue weighted by Crippen LogP contribution is 2.30. The average molecular weight is 467 g/mol. The van der Waals surface area contributed by atoms with Gasteiger partial charge in [0.1, 0.15) is 11.6 Å². The Balaban J connectivity index is 1.52. The summed E-state index contributed by atoms with van der Waals surface area (Å²) in [5, 5.41) is 11.4. The molecule has 8 heteroatoms. The number of ether oxygens (including phenoxy) is 2. The first-order valence-corrected chi connectivity index (χ1v) is 11.8. The lowest BCUT2D eigenvalue weighted by Crippen LogP contribution is -2.13. The maximum atomic E-state index is 14.7. The smallest absolute Gasteiger partial charge is 0.255 e. The van der Waals surface area contributed by atoms with E-state index in [1.165, 1.54) is 12.1 Å². The molecule has 4 rings (SSSR count). The average Bonchev–Trinajstić information content (AvgIpc) is 3.07. The van der Waals surface area contributed by atoms with Crippen LogP contribution in [0, 0.1) is 11.7 Å². The van der Waals surface area contributed by atoms with Crippen LogP contribution in [0.4, 0.5) is 10.1 Å². The summed E-state index contributed by atoms with van der Waals surface area (Å²) in [7, 11) is 1.54. The van der Waals surface area contributed by atoms with Crippen LogP contribution in [0.5, 0.6) is 11.5 Å². The summed E-state index contributed by atoms with van der Waals surface area (Å²) in [5.74, 6) is 2.26. The van der Waals surface area contributed by atoms with Crippen molar-refractivity contribution in [2.24, 2.45) is 5.92 Å². The Morgan fingerprint density at radius 2 is 1.97 bits per heavy atom. The standard InChI is InChI=1S/C26H31FN4O3/c1-17(2)12-14-34-22-11-8-18(15-23(22)33-3)26(32)28-19-9-10-21(27)20(16-19)25-30-29-24-7-5-4-6-13-31(24)25/h8-11,15-17H,4-7,12-14H2,1-3H3,(H,28,32). The zero-order valence-electron chi connectivity index (χ0n) is 19.9. The van der Waals surface area contributed by atoms with E-state index in [1.54, 1.807) is 31.4 Å². The molecular weight excluding hydrogens is 435 g/mol. The van der Waals surface area contributed by atoms with Gasteiger partial charge >= 0.3 is 0 Å². The number of nitrogens with zero attached hydrogens (tertiary/aromatic N) is 3. The van der Waals surface area contributed by atoms with Gasteiger partial charge in [0.15, 0.2) is 17.3 Å². The van der Waals surface area contributed by atoms with Crippen LogP contribution in [0.25, 0.3) is 11.4 Å². The molecule has 2 aromatic carbocycles. The zero-order valence-corrected chi connectivity index (χ0v) is 19.9. The van der Waals surface area contributed by atoms with Gasteiger partial charge < -0.3 is 19.4 Å². The Morgan fingerprint density at radius 3 is 2.76 bits per heavy atom. The Hall–Kier alpha value is -3.42. The van der Waals surface area contributed by atoms with E-state index in [2.05, 4.69) is 29.4 Å². The molecule has 3 aromatic rings. The number of anilines is 1.